The predicted molar refractivity (Wildman–Crippen MR) is 163 cm³/mol. The summed E-state index contributed by atoms with van der Waals surface area (Å²) in [6.07, 6.45) is 2.68. The van der Waals surface area contributed by atoms with Crippen molar-refractivity contribution in [3.05, 3.63) is 82.1 Å². The number of nitrogens with one attached hydrogen (secondary N) is 3. The van der Waals surface area contributed by atoms with Crippen LogP contribution in [0.15, 0.2) is 53.7 Å². The molecule has 1 amide bonds. The second kappa shape index (κ2) is 15.5. The van der Waals surface area contributed by atoms with Gasteiger partial charge in [0, 0.05) is 57.3 Å². The van der Waals surface area contributed by atoms with E-state index in [0.717, 1.165) is 11.8 Å². The largest absolute Gasteiger partial charge is 0.325 e. The maximum atomic E-state index is 14.3. The van der Waals surface area contributed by atoms with E-state index in [-0.39, 0.29) is 18.4 Å². The number of rotatable bonds is 14. The van der Waals surface area contributed by atoms with Gasteiger partial charge in [0.25, 0.3) is 10.2 Å². The van der Waals surface area contributed by atoms with Crippen molar-refractivity contribution in [2.45, 2.75) is 65.3 Å². The summed E-state index contributed by atoms with van der Waals surface area (Å²) in [7, 11) is -3.60. The van der Waals surface area contributed by atoms with E-state index in [1.165, 1.54) is 28.6 Å². The number of carbonyl (C=O) groups excluding carboxylic acids is 1. The minimum atomic E-state index is -3.60. The van der Waals surface area contributed by atoms with Crippen molar-refractivity contribution >= 4 is 22.3 Å². The van der Waals surface area contributed by atoms with Crippen LogP contribution in [0.2, 0.25) is 0 Å². The second-order valence-corrected chi connectivity index (χ2v) is 12.4. The maximum absolute atomic E-state index is 14.3. The van der Waals surface area contributed by atoms with E-state index in [1.807, 2.05) is 26.8 Å². The number of allylic oxidation sites excluding steroid dienone is 2. The van der Waals surface area contributed by atoms with Gasteiger partial charge in [0.1, 0.15) is 11.6 Å². The van der Waals surface area contributed by atoms with E-state index in [0.29, 0.717) is 74.4 Å². The van der Waals surface area contributed by atoms with Crippen LogP contribution < -0.4 is 10.6 Å². The Labute approximate surface area is 248 Å². The SMILES string of the molecule is CC/C(CC[C@H]1CNCCN1S(=O)(=O)N(CC)CC)=C(\C=N)NC(=O)C[C@@H](c1ccc(F)cc1)c1cc(C)cc(F)c1. The highest BCUT2D eigenvalue weighted by molar-refractivity contribution is 7.86. The molecule has 0 aliphatic carbocycles. The van der Waals surface area contributed by atoms with Crippen molar-refractivity contribution in [1.29, 1.82) is 5.41 Å². The Balaban J connectivity index is 1.80. The van der Waals surface area contributed by atoms with Crippen LogP contribution in [0.5, 0.6) is 0 Å². The van der Waals surface area contributed by atoms with Crippen molar-refractivity contribution in [3.63, 3.8) is 0 Å². The molecule has 1 fully saturated rings. The first-order valence-corrected chi connectivity index (χ1v) is 16.0. The maximum Gasteiger partial charge on any atom is 0.282 e. The second-order valence-electron chi connectivity index (χ2n) is 10.5. The fourth-order valence-electron chi connectivity index (χ4n) is 5.54. The molecule has 1 saturated heterocycles. The molecule has 0 radical (unpaired) electrons. The van der Waals surface area contributed by atoms with Gasteiger partial charge in [-0.25, -0.2) is 8.78 Å². The first-order chi connectivity index (χ1) is 20.0. The zero-order valence-corrected chi connectivity index (χ0v) is 25.7. The first kappa shape index (κ1) is 33.5. The quantitative estimate of drug-likeness (QED) is 0.268. The Morgan fingerprint density at radius 1 is 1.12 bits per heavy atom. The first-order valence-electron chi connectivity index (χ1n) is 14.6. The standard InChI is InChI=1S/C31H43F2N5O3S/c1-5-23(10-13-28-21-35-14-15-38(28)42(40,41)37(6-2)7-3)30(20-34)36-31(39)19-29(24-8-11-26(32)12-9-24)25-16-22(4)17-27(33)18-25/h8-9,11-12,16-18,20,28-29,34-35H,5-7,10,13-15,19,21H2,1-4H3,(H,36,39)/b30-23-,34-20?/t28-,29-/m0/s1. The predicted octanol–water partition coefficient (Wildman–Crippen LogP) is 4.87. The zero-order valence-electron chi connectivity index (χ0n) is 24.9. The summed E-state index contributed by atoms with van der Waals surface area (Å²) in [5.74, 6) is -1.71. The van der Waals surface area contributed by atoms with Gasteiger partial charge in [-0.1, -0.05) is 39.0 Å². The topological polar surface area (TPSA) is 106 Å². The summed E-state index contributed by atoms with van der Waals surface area (Å²) in [6.45, 7) is 9.63. The molecule has 2 aromatic carbocycles. The molecule has 3 N–H and O–H groups in total. The highest BCUT2D eigenvalue weighted by atomic mass is 32.2. The molecule has 1 aliphatic heterocycles. The van der Waals surface area contributed by atoms with E-state index in [2.05, 4.69) is 10.6 Å². The zero-order chi connectivity index (χ0) is 30.9. The summed E-state index contributed by atoms with van der Waals surface area (Å²) >= 11 is 0. The number of aryl methyl sites for hydroxylation is 1. The van der Waals surface area contributed by atoms with Crippen LogP contribution in [0.25, 0.3) is 0 Å². The van der Waals surface area contributed by atoms with Crippen LogP contribution in [-0.2, 0) is 15.0 Å². The van der Waals surface area contributed by atoms with Crippen LogP contribution >= 0.6 is 0 Å². The van der Waals surface area contributed by atoms with Gasteiger partial charge in [0.2, 0.25) is 5.91 Å². The van der Waals surface area contributed by atoms with Gasteiger partial charge in [-0.2, -0.15) is 17.0 Å². The van der Waals surface area contributed by atoms with Crippen molar-refractivity contribution in [3.8, 4) is 0 Å². The Bertz CT molecular complexity index is 1340. The van der Waals surface area contributed by atoms with Gasteiger partial charge < -0.3 is 16.0 Å². The van der Waals surface area contributed by atoms with Crippen molar-refractivity contribution < 1.29 is 22.0 Å². The molecular formula is C31H43F2N5O3S. The van der Waals surface area contributed by atoms with E-state index in [9.17, 15) is 22.0 Å². The summed E-state index contributed by atoms with van der Waals surface area (Å²) < 4.78 is 57.5. The molecule has 0 aromatic heterocycles. The number of halogens is 2. The summed E-state index contributed by atoms with van der Waals surface area (Å²) in [4.78, 5) is 13.3. The Morgan fingerprint density at radius 3 is 2.40 bits per heavy atom. The molecular weight excluding hydrogens is 560 g/mol. The van der Waals surface area contributed by atoms with Crippen molar-refractivity contribution in [2.75, 3.05) is 32.7 Å². The number of hydrogen-bond acceptors (Lipinski definition) is 5. The van der Waals surface area contributed by atoms with Crippen molar-refractivity contribution in [1.82, 2.24) is 19.2 Å². The average molecular weight is 604 g/mol. The van der Waals surface area contributed by atoms with Crippen LogP contribution in [-0.4, -0.2) is 67.9 Å². The molecule has 0 bridgehead atoms. The molecule has 8 nitrogen and oxygen atoms in total. The lowest BCUT2D eigenvalue weighted by Gasteiger charge is -2.38. The Kier molecular flexibility index (Phi) is 12.3. The number of nitrogens with zero attached hydrogens (tertiary/aromatic N) is 2. The molecule has 0 unspecified atom stereocenters. The lowest BCUT2D eigenvalue weighted by molar-refractivity contribution is -0.120. The Morgan fingerprint density at radius 2 is 1.81 bits per heavy atom. The van der Waals surface area contributed by atoms with E-state index >= 15 is 0 Å². The van der Waals surface area contributed by atoms with Crippen LogP contribution in [0.1, 0.15) is 69.1 Å². The summed E-state index contributed by atoms with van der Waals surface area (Å²) in [5, 5.41) is 14.2. The molecule has 2 aromatic rings. The minimum Gasteiger partial charge on any atom is -0.325 e. The monoisotopic (exact) mass is 603 g/mol. The normalized spacial score (nSPS) is 17.5. The van der Waals surface area contributed by atoms with Crippen molar-refractivity contribution in [2.24, 2.45) is 0 Å². The molecule has 1 heterocycles. The molecule has 0 spiro atoms. The van der Waals surface area contributed by atoms with E-state index in [1.54, 1.807) is 23.4 Å². The third-order valence-electron chi connectivity index (χ3n) is 7.76. The van der Waals surface area contributed by atoms with Gasteiger partial charge >= 0.3 is 0 Å². The minimum absolute atomic E-state index is 0.0364. The molecule has 0 saturated carbocycles. The van der Waals surface area contributed by atoms with Gasteiger partial charge in [-0.15, -0.1) is 0 Å². The van der Waals surface area contributed by atoms with Gasteiger partial charge in [-0.3, -0.25) is 4.79 Å². The average Bonchev–Trinajstić information content (AvgIpc) is 2.96. The van der Waals surface area contributed by atoms with E-state index < -0.39 is 27.8 Å². The molecule has 1 aliphatic rings. The number of amides is 1. The number of piperazine rings is 1. The van der Waals surface area contributed by atoms with Gasteiger partial charge in [0.15, 0.2) is 0 Å². The number of hydrogen-bond donors (Lipinski definition) is 3. The molecule has 42 heavy (non-hydrogen) atoms. The lowest BCUT2D eigenvalue weighted by atomic mass is 9.87. The van der Waals surface area contributed by atoms with Gasteiger partial charge in [0.05, 0.1) is 5.70 Å². The molecule has 11 heteroatoms. The lowest BCUT2D eigenvalue weighted by Crippen LogP contribution is -2.57. The van der Waals surface area contributed by atoms with Crippen LogP contribution in [0.4, 0.5) is 8.78 Å². The summed E-state index contributed by atoms with van der Waals surface area (Å²) in [5.41, 5.74) is 3.19. The fourth-order valence-corrected chi connectivity index (χ4v) is 7.36. The summed E-state index contributed by atoms with van der Waals surface area (Å²) in [6, 6.07) is 10.2. The molecule has 2 atom stereocenters. The highest BCUT2D eigenvalue weighted by Crippen LogP contribution is 2.30. The number of benzene rings is 2. The van der Waals surface area contributed by atoms with E-state index in [4.69, 9.17) is 5.41 Å². The number of carbonyl (C=O) groups is 1. The van der Waals surface area contributed by atoms with Crippen LogP contribution in [0, 0.1) is 24.0 Å². The Hall–Kier alpha value is -2.99. The molecule has 230 valence electrons. The fraction of sp³-hybridized carbons (Fsp3) is 0.484. The third kappa shape index (κ3) is 8.53. The third-order valence-corrected chi connectivity index (χ3v) is 10.0. The van der Waals surface area contributed by atoms with Crippen LogP contribution in [0.3, 0.4) is 0 Å². The molecule has 3 rings (SSSR count). The highest BCUT2D eigenvalue weighted by Gasteiger charge is 2.35. The van der Waals surface area contributed by atoms with Gasteiger partial charge in [-0.05, 0) is 72.7 Å². The smallest absolute Gasteiger partial charge is 0.282 e.